The zero-order valence-electron chi connectivity index (χ0n) is 23.4. The van der Waals surface area contributed by atoms with E-state index in [9.17, 15) is 9.59 Å². The van der Waals surface area contributed by atoms with Gasteiger partial charge in [0.05, 0.1) is 28.0 Å². The van der Waals surface area contributed by atoms with Crippen molar-refractivity contribution in [3.63, 3.8) is 0 Å². The lowest BCUT2D eigenvalue weighted by molar-refractivity contribution is -0.139. The van der Waals surface area contributed by atoms with Gasteiger partial charge in [-0.15, -0.1) is 0 Å². The molecule has 0 fully saturated rings. The Balaban J connectivity index is 1.34. The fourth-order valence-electron chi connectivity index (χ4n) is 4.17. The van der Waals surface area contributed by atoms with E-state index < -0.39 is 17.9 Å². The van der Waals surface area contributed by atoms with E-state index in [1.54, 1.807) is 38.3 Å². The summed E-state index contributed by atoms with van der Waals surface area (Å²) in [5.41, 5.74) is 7.20. The first-order chi connectivity index (χ1) is 20.2. The molecule has 1 aliphatic rings. The highest BCUT2D eigenvalue weighted by molar-refractivity contribution is 14.1. The van der Waals surface area contributed by atoms with Crippen molar-refractivity contribution in [3.05, 3.63) is 104 Å². The first-order valence-electron chi connectivity index (χ1n) is 13.2. The van der Waals surface area contributed by atoms with Crippen LogP contribution in [0.5, 0.6) is 11.5 Å². The predicted molar refractivity (Wildman–Crippen MR) is 173 cm³/mol. The van der Waals surface area contributed by atoms with Gasteiger partial charge in [0.1, 0.15) is 18.1 Å². The van der Waals surface area contributed by atoms with Crippen LogP contribution in [0.1, 0.15) is 42.1 Å². The highest BCUT2D eigenvalue weighted by atomic mass is 127. The van der Waals surface area contributed by atoms with E-state index in [-0.39, 0.29) is 13.2 Å². The summed E-state index contributed by atoms with van der Waals surface area (Å²) in [4.78, 5) is 25.2. The Labute approximate surface area is 263 Å². The number of benzene rings is 3. The van der Waals surface area contributed by atoms with Gasteiger partial charge in [0, 0.05) is 11.3 Å². The number of thiocarbonyl (C=S) groups is 1. The summed E-state index contributed by atoms with van der Waals surface area (Å²) in [5, 5.41) is 10.5. The SMILES string of the molecule is CCOC(=O)C1=C(C)NC(=S)N[C@@H]1c1ccccc1OCC(=O)NN=Cc1ccc(OCc2ccc(C)cc2)c(I)c1. The van der Waals surface area contributed by atoms with E-state index in [1.807, 2.05) is 36.4 Å². The number of allylic oxidation sites excluding steroid dienone is 1. The van der Waals surface area contributed by atoms with Crippen molar-refractivity contribution in [2.75, 3.05) is 13.2 Å². The minimum Gasteiger partial charge on any atom is -0.488 e. The van der Waals surface area contributed by atoms with Gasteiger partial charge < -0.3 is 24.8 Å². The molecule has 9 nitrogen and oxygen atoms in total. The van der Waals surface area contributed by atoms with Gasteiger partial charge in [0.15, 0.2) is 11.7 Å². The van der Waals surface area contributed by atoms with Crippen molar-refractivity contribution in [1.82, 2.24) is 16.1 Å². The first-order valence-corrected chi connectivity index (χ1v) is 14.7. The topological polar surface area (TPSA) is 110 Å². The smallest absolute Gasteiger partial charge is 0.338 e. The van der Waals surface area contributed by atoms with Gasteiger partial charge in [0.25, 0.3) is 5.91 Å². The van der Waals surface area contributed by atoms with Crippen molar-refractivity contribution >= 4 is 58.0 Å². The molecule has 0 spiro atoms. The number of carbonyl (C=O) groups excluding carboxylic acids is 2. The summed E-state index contributed by atoms with van der Waals surface area (Å²) in [6, 6.07) is 20.4. The molecule has 1 amide bonds. The zero-order valence-corrected chi connectivity index (χ0v) is 26.4. The van der Waals surface area contributed by atoms with E-state index in [2.05, 4.69) is 62.8 Å². The van der Waals surface area contributed by atoms with E-state index in [1.165, 1.54) is 5.56 Å². The minimum absolute atomic E-state index is 0.233. The van der Waals surface area contributed by atoms with E-state index in [0.29, 0.717) is 34.3 Å². The first kappa shape index (κ1) is 31.0. The number of ether oxygens (including phenoxy) is 3. The lowest BCUT2D eigenvalue weighted by atomic mass is 9.95. The maximum absolute atomic E-state index is 12.7. The van der Waals surface area contributed by atoms with Gasteiger partial charge in [-0.2, -0.15) is 5.10 Å². The molecular weight excluding hydrogens is 667 g/mol. The molecule has 0 radical (unpaired) electrons. The second-order valence-electron chi connectivity index (χ2n) is 9.37. The Morgan fingerprint density at radius 1 is 1.05 bits per heavy atom. The Kier molecular flexibility index (Phi) is 10.9. The number of aryl methyl sites for hydroxylation is 1. The molecule has 42 heavy (non-hydrogen) atoms. The van der Waals surface area contributed by atoms with Crippen molar-refractivity contribution in [2.45, 2.75) is 33.4 Å². The molecule has 3 aromatic carbocycles. The highest BCUT2D eigenvalue weighted by Gasteiger charge is 2.32. The van der Waals surface area contributed by atoms with E-state index >= 15 is 0 Å². The number of halogens is 1. The van der Waals surface area contributed by atoms with Gasteiger partial charge in [-0.1, -0.05) is 48.0 Å². The molecule has 4 rings (SSSR count). The molecule has 0 saturated heterocycles. The summed E-state index contributed by atoms with van der Waals surface area (Å²) in [7, 11) is 0. The second-order valence-corrected chi connectivity index (χ2v) is 10.9. The third-order valence-electron chi connectivity index (χ3n) is 6.23. The van der Waals surface area contributed by atoms with E-state index in [0.717, 1.165) is 20.4 Å². The second kappa shape index (κ2) is 14.8. The van der Waals surface area contributed by atoms with Crippen LogP contribution in [0.25, 0.3) is 0 Å². The normalized spacial score (nSPS) is 14.7. The van der Waals surface area contributed by atoms with Gasteiger partial charge in [-0.05, 0) is 91.0 Å². The Morgan fingerprint density at radius 2 is 1.81 bits per heavy atom. The molecule has 0 aromatic heterocycles. The molecule has 3 aromatic rings. The number of carbonyl (C=O) groups is 2. The van der Waals surface area contributed by atoms with Crippen LogP contribution in [-0.2, 0) is 20.9 Å². The Morgan fingerprint density at radius 3 is 2.55 bits per heavy atom. The Hall–Kier alpha value is -3.97. The van der Waals surface area contributed by atoms with Crippen molar-refractivity contribution in [3.8, 4) is 11.5 Å². The molecule has 0 bridgehead atoms. The van der Waals surface area contributed by atoms with Gasteiger partial charge >= 0.3 is 5.97 Å². The quantitative estimate of drug-likeness (QED) is 0.0839. The molecule has 11 heteroatoms. The van der Waals surface area contributed by atoms with Crippen LogP contribution in [-0.4, -0.2) is 36.4 Å². The number of nitrogens with one attached hydrogen (secondary N) is 3. The summed E-state index contributed by atoms with van der Waals surface area (Å²) >= 11 is 7.53. The van der Waals surface area contributed by atoms with Crippen LogP contribution in [0.15, 0.2) is 83.1 Å². The monoisotopic (exact) mass is 698 g/mol. The molecule has 0 unspecified atom stereocenters. The van der Waals surface area contributed by atoms with Crippen LogP contribution in [0.2, 0.25) is 0 Å². The highest BCUT2D eigenvalue weighted by Crippen LogP contribution is 2.33. The van der Waals surface area contributed by atoms with Crippen LogP contribution in [0.4, 0.5) is 0 Å². The van der Waals surface area contributed by atoms with Gasteiger partial charge in [-0.25, -0.2) is 10.2 Å². The molecule has 1 atom stereocenters. The van der Waals surface area contributed by atoms with Crippen molar-refractivity contribution in [1.29, 1.82) is 0 Å². The standard InChI is InChI=1S/C31H31IN4O5S/c1-4-39-30(38)28-20(3)34-31(42)35-29(28)23-7-5-6-8-25(23)41-18-27(37)36-33-16-22-13-14-26(24(32)15-22)40-17-21-11-9-19(2)10-12-21/h5-16,29H,4,17-18H2,1-3H3,(H,36,37)(H2,34,35,42)/t29-/m1/s1. The summed E-state index contributed by atoms with van der Waals surface area (Å²) in [5.74, 6) is 0.277. The molecule has 1 aliphatic heterocycles. The van der Waals surface area contributed by atoms with E-state index in [4.69, 9.17) is 26.4 Å². The number of nitrogens with zero attached hydrogens (tertiary/aromatic N) is 1. The van der Waals surface area contributed by atoms with Crippen LogP contribution < -0.4 is 25.5 Å². The van der Waals surface area contributed by atoms with Crippen LogP contribution in [0.3, 0.4) is 0 Å². The fourth-order valence-corrected chi connectivity index (χ4v) is 5.14. The molecular formula is C31H31IN4O5S. The lowest BCUT2D eigenvalue weighted by Crippen LogP contribution is -2.45. The third-order valence-corrected chi connectivity index (χ3v) is 7.29. The van der Waals surface area contributed by atoms with Crippen LogP contribution in [0, 0.1) is 10.5 Å². The molecule has 3 N–H and O–H groups in total. The average molecular weight is 699 g/mol. The maximum Gasteiger partial charge on any atom is 0.338 e. The number of para-hydroxylation sites is 1. The number of hydrazone groups is 1. The maximum atomic E-state index is 12.7. The molecule has 0 aliphatic carbocycles. The Bertz CT molecular complexity index is 1520. The lowest BCUT2D eigenvalue weighted by Gasteiger charge is -2.30. The number of esters is 1. The number of amides is 1. The third kappa shape index (κ3) is 8.29. The summed E-state index contributed by atoms with van der Waals surface area (Å²) in [6.45, 7) is 5.97. The summed E-state index contributed by atoms with van der Waals surface area (Å²) in [6.07, 6.45) is 1.55. The number of rotatable bonds is 11. The number of hydrogen-bond acceptors (Lipinski definition) is 7. The van der Waals surface area contributed by atoms with Crippen molar-refractivity contribution < 1.29 is 23.8 Å². The molecule has 1 heterocycles. The minimum atomic E-state index is -0.610. The fraction of sp³-hybridized carbons (Fsp3) is 0.226. The largest absolute Gasteiger partial charge is 0.488 e. The van der Waals surface area contributed by atoms with Gasteiger partial charge in [-0.3, -0.25) is 4.79 Å². The average Bonchev–Trinajstić information content (AvgIpc) is 2.96. The number of hydrogen-bond donors (Lipinski definition) is 3. The molecule has 218 valence electrons. The predicted octanol–water partition coefficient (Wildman–Crippen LogP) is 5.06. The van der Waals surface area contributed by atoms with Crippen molar-refractivity contribution in [2.24, 2.45) is 5.10 Å². The zero-order chi connectivity index (χ0) is 30.1. The molecule has 0 saturated carbocycles. The summed E-state index contributed by atoms with van der Waals surface area (Å²) < 4.78 is 18.0. The van der Waals surface area contributed by atoms with Crippen LogP contribution >= 0.6 is 34.8 Å². The van der Waals surface area contributed by atoms with Gasteiger partial charge in [0.2, 0.25) is 0 Å².